The lowest BCUT2D eigenvalue weighted by molar-refractivity contribution is 0.115. The third-order valence-corrected chi connectivity index (χ3v) is 4.67. The first-order chi connectivity index (χ1) is 10.2. The SMILES string of the molecule is CCCC1CCN(C(c2cccc(OC)c2)C(C)N)CC1. The Morgan fingerprint density at radius 2 is 2.05 bits per heavy atom. The fourth-order valence-corrected chi connectivity index (χ4v) is 3.60. The van der Waals surface area contributed by atoms with Gasteiger partial charge in [-0.2, -0.15) is 0 Å². The van der Waals surface area contributed by atoms with Crippen LogP contribution < -0.4 is 10.5 Å². The van der Waals surface area contributed by atoms with Crippen LogP contribution in [0.4, 0.5) is 0 Å². The van der Waals surface area contributed by atoms with E-state index < -0.39 is 0 Å². The van der Waals surface area contributed by atoms with E-state index in [2.05, 4.69) is 36.9 Å². The van der Waals surface area contributed by atoms with Gasteiger partial charge in [0.25, 0.3) is 0 Å². The molecule has 2 N–H and O–H groups in total. The van der Waals surface area contributed by atoms with Crippen LogP contribution in [0.15, 0.2) is 24.3 Å². The Morgan fingerprint density at radius 3 is 2.62 bits per heavy atom. The van der Waals surface area contributed by atoms with Crippen molar-refractivity contribution in [1.29, 1.82) is 0 Å². The Bertz CT molecular complexity index is 425. The number of piperidine rings is 1. The molecule has 1 aromatic carbocycles. The van der Waals surface area contributed by atoms with Gasteiger partial charge in [0.1, 0.15) is 5.75 Å². The predicted octanol–water partition coefficient (Wildman–Crippen LogP) is 3.60. The molecule has 21 heavy (non-hydrogen) atoms. The minimum Gasteiger partial charge on any atom is -0.497 e. The number of hydrogen-bond acceptors (Lipinski definition) is 3. The zero-order chi connectivity index (χ0) is 15.2. The largest absolute Gasteiger partial charge is 0.497 e. The van der Waals surface area contributed by atoms with E-state index in [1.807, 2.05) is 6.07 Å². The molecule has 2 atom stereocenters. The molecule has 0 bridgehead atoms. The average Bonchev–Trinajstić information content (AvgIpc) is 2.49. The van der Waals surface area contributed by atoms with Gasteiger partial charge in [-0.25, -0.2) is 0 Å². The average molecular weight is 290 g/mol. The molecule has 0 saturated carbocycles. The molecule has 0 amide bonds. The third-order valence-electron chi connectivity index (χ3n) is 4.67. The van der Waals surface area contributed by atoms with Crippen molar-refractivity contribution in [3.05, 3.63) is 29.8 Å². The highest BCUT2D eigenvalue weighted by atomic mass is 16.5. The second-order valence-electron chi connectivity index (χ2n) is 6.35. The Hall–Kier alpha value is -1.06. The number of likely N-dealkylation sites (tertiary alicyclic amines) is 1. The fourth-order valence-electron chi connectivity index (χ4n) is 3.60. The highest BCUT2D eigenvalue weighted by Gasteiger charge is 2.28. The monoisotopic (exact) mass is 290 g/mol. The molecule has 0 aliphatic carbocycles. The van der Waals surface area contributed by atoms with Crippen molar-refractivity contribution in [3.63, 3.8) is 0 Å². The van der Waals surface area contributed by atoms with Crippen molar-refractivity contribution in [2.45, 2.75) is 51.6 Å². The van der Waals surface area contributed by atoms with E-state index in [1.165, 1.54) is 31.2 Å². The summed E-state index contributed by atoms with van der Waals surface area (Å²) in [6.07, 6.45) is 5.29. The van der Waals surface area contributed by atoms with Crippen molar-refractivity contribution < 1.29 is 4.74 Å². The Morgan fingerprint density at radius 1 is 1.33 bits per heavy atom. The van der Waals surface area contributed by atoms with Gasteiger partial charge in [-0.3, -0.25) is 4.90 Å². The van der Waals surface area contributed by atoms with Gasteiger partial charge in [0.2, 0.25) is 0 Å². The molecular weight excluding hydrogens is 260 g/mol. The van der Waals surface area contributed by atoms with E-state index in [9.17, 15) is 0 Å². The first-order valence-corrected chi connectivity index (χ1v) is 8.29. The summed E-state index contributed by atoms with van der Waals surface area (Å²) in [6, 6.07) is 8.78. The minimum atomic E-state index is 0.125. The zero-order valence-electron chi connectivity index (χ0n) is 13.7. The predicted molar refractivity (Wildman–Crippen MR) is 88.6 cm³/mol. The molecule has 1 fully saturated rings. The summed E-state index contributed by atoms with van der Waals surface area (Å²) in [5, 5.41) is 0. The maximum absolute atomic E-state index is 6.30. The molecule has 1 aliphatic heterocycles. The molecule has 2 unspecified atom stereocenters. The minimum absolute atomic E-state index is 0.125. The molecule has 1 heterocycles. The molecule has 1 aliphatic rings. The van der Waals surface area contributed by atoms with Gasteiger partial charge in [-0.05, 0) is 56.5 Å². The molecular formula is C18H30N2O. The molecule has 3 nitrogen and oxygen atoms in total. The number of benzene rings is 1. The van der Waals surface area contributed by atoms with Gasteiger partial charge < -0.3 is 10.5 Å². The van der Waals surface area contributed by atoms with Gasteiger partial charge in [0.05, 0.1) is 7.11 Å². The second-order valence-corrected chi connectivity index (χ2v) is 6.35. The van der Waals surface area contributed by atoms with Crippen LogP contribution in [0.3, 0.4) is 0 Å². The number of nitrogens with zero attached hydrogens (tertiary/aromatic N) is 1. The van der Waals surface area contributed by atoms with Crippen LogP contribution in [0, 0.1) is 5.92 Å². The highest BCUT2D eigenvalue weighted by Crippen LogP contribution is 2.31. The lowest BCUT2D eigenvalue weighted by atomic mass is 9.89. The van der Waals surface area contributed by atoms with E-state index in [0.717, 1.165) is 24.8 Å². The van der Waals surface area contributed by atoms with E-state index in [1.54, 1.807) is 7.11 Å². The first-order valence-electron chi connectivity index (χ1n) is 8.29. The van der Waals surface area contributed by atoms with Gasteiger partial charge in [0.15, 0.2) is 0 Å². The highest BCUT2D eigenvalue weighted by molar-refractivity contribution is 5.31. The van der Waals surface area contributed by atoms with E-state index in [-0.39, 0.29) is 6.04 Å². The summed E-state index contributed by atoms with van der Waals surface area (Å²) < 4.78 is 5.36. The summed E-state index contributed by atoms with van der Waals surface area (Å²) in [6.45, 7) is 6.72. The Labute approximate surface area is 129 Å². The van der Waals surface area contributed by atoms with Gasteiger partial charge in [-0.15, -0.1) is 0 Å². The molecule has 0 spiro atoms. The number of nitrogens with two attached hydrogens (primary N) is 1. The zero-order valence-corrected chi connectivity index (χ0v) is 13.7. The standard InChI is InChI=1S/C18H30N2O/c1-4-6-15-9-11-20(12-10-15)18(14(2)19)16-7-5-8-17(13-16)21-3/h5,7-8,13-15,18H,4,6,9-12,19H2,1-3H3. The third kappa shape index (κ3) is 4.21. The second kappa shape index (κ2) is 7.81. The first kappa shape index (κ1) is 16.3. The molecule has 3 heteroatoms. The molecule has 2 rings (SSSR count). The fraction of sp³-hybridized carbons (Fsp3) is 0.667. The number of rotatable bonds is 6. The number of hydrogen-bond donors (Lipinski definition) is 1. The van der Waals surface area contributed by atoms with Gasteiger partial charge in [-0.1, -0.05) is 31.9 Å². The summed E-state index contributed by atoms with van der Waals surface area (Å²) in [4.78, 5) is 2.56. The van der Waals surface area contributed by atoms with Gasteiger partial charge >= 0.3 is 0 Å². The maximum atomic E-state index is 6.30. The summed E-state index contributed by atoms with van der Waals surface area (Å²) in [7, 11) is 1.72. The lowest BCUT2D eigenvalue weighted by Crippen LogP contribution is -2.43. The van der Waals surface area contributed by atoms with Crippen LogP contribution in [-0.2, 0) is 0 Å². The van der Waals surface area contributed by atoms with Crippen molar-refractivity contribution in [2.24, 2.45) is 11.7 Å². The smallest absolute Gasteiger partial charge is 0.119 e. The van der Waals surface area contributed by atoms with Crippen LogP contribution in [0.1, 0.15) is 51.1 Å². The van der Waals surface area contributed by atoms with Crippen molar-refractivity contribution in [2.75, 3.05) is 20.2 Å². The van der Waals surface area contributed by atoms with Crippen LogP contribution >= 0.6 is 0 Å². The van der Waals surface area contributed by atoms with E-state index in [0.29, 0.717) is 6.04 Å². The number of ether oxygens (including phenoxy) is 1. The topological polar surface area (TPSA) is 38.5 Å². The van der Waals surface area contributed by atoms with Crippen LogP contribution in [-0.4, -0.2) is 31.1 Å². The van der Waals surface area contributed by atoms with Crippen molar-refractivity contribution in [3.8, 4) is 5.75 Å². The van der Waals surface area contributed by atoms with Crippen LogP contribution in [0.25, 0.3) is 0 Å². The Balaban J connectivity index is 2.09. The van der Waals surface area contributed by atoms with Gasteiger partial charge in [0, 0.05) is 12.1 Å². The normalized spacial score (nSPS) is 20.2. The summed E-state index contributed by atoms with van der Waals surface area (Å²) >= 11 is 0. The molecule has 1 saturated heterocycles. The molecule has 1 aromatic rings. The summed E-state index contributed by atoms with van der Waals surface area (Å²) in [5.74, 6) is 1.82. The number of methoxy groups -OCH3 is 1. The van der Waals surface area contributed by atoms with Crippen molar-refractivity contribution >= 4 is 0 Å². The van der Waals surface area contributed by atoms with E-state index in [4.69, 9.17) is 10.5 Å². The summed E-state index contributed by atoms with van der Waals surface area (Å²) in [5.41, 5.74) is 7.58. The molecule has 0 aromatic heterocycles. The molecule has 118 valence electrons. The van der Waals surface area contributed by atoms with Crippen LogP contribution in [0.5, 0.6) is 5.75 Å². The van der Waals surface area contributed by atoms with Crippen molar-refractivity contribution in [1.82, 2.24) is 4.90 Å². The van der Waals surface area contributed by atoms with E-state index >= 15 is 0 Å². The quantitative estimate of drug-likeness (QED) is 0.870. The van der Waals surface area contributed by atoms with Crippen LogP contribution in [0.2, 0.25) is 0 Å². The lowest BCUT2D eigenvalue weighted by Gasteiger charge is -2.39. The maximum Gasteiger partial charge on any atom is 0.119 e. The Kier molecular flexibility index (Phi) is 6.07. The molecule has 0 radical (unpaired) electrons.